The maximum absolute atomic E-state index is 11.8. The molecule has 0 radical (unpaired) electrons. The molecule has 0 spiro atoms. The van der Waals surface area contributed by atoms with Crippen LogP contribution in [0.1, 0.15) is 24.3 Å². The molecule has 0 bridgehead atoms. The highest BCUT2D eigenvalue weighted by atomic mass is 16.2. The Kier molecular flexibility index (Phi) is 3.52. The zero-order chi connectivity index (χ0) is 13.0. The van der Waals surface area contributed by atoms with Gasteiger partial charge in [0.25, 0.3) is 5.91 Å². The molecule has 0 aromatic carbocycles. The van der Waals surface area contributed by atoms with E-state index in [0.29, 0.717) is 17.3 Å². The van der Waals surface area contributed by atoms with E-state index in [1.165, 1.54) is 6.33 Å². The average molecular weight is 246 g/mol. The van der Waals surface area contributed by atoms with E-state index in [2.05, 4.69) is 30.8 Å². The fourth-order valence-electron chi connectivity index (χ4n) is 1.36. The lowest BCUT2D eigenvalue weighted by Crippen LogP contribution is -2.13. The van der Waals surface area contributed by atoms with Gasteiger partial charge >= 0.3 is 0 Å². The molecule has 1 amide bonds. The molecular weight excluding hydrogens is 232 g/mol. The molecule has 0 aliphatic carbocycles. The average Bonchev–Trinajstić information content (AvgIpc) is 2.78. The lowest BCUT2D eigenvalue weighted by molar-refractivity contribution is 0.102. The van der Waals surface area contributed by atoms with Gasteiger partial charge in [0.2, 0.25) is 0 Å². The Labute approximate surface area is 104 Å². The van der Waals surface area contributed by atoms with Crippen LogP contribution < -0.4 is 10.6 Å². The molecule has 0 saturated heterocycles. The molecule has 0 fully saturated rings. The zero-order valence-electron chi connectivity index (χ0n) is 10.1. The second kappa shape index (κ2) is 5.26. The van der Waals surface area contributed by atoms with Crippen molar-refractivity contribution in [3.8, 4) is 0 Å². The summed E-state index contributed by atoms with van der Waals surface area (Å²) >= 11 is 0. The highest BCUT2D eigenvalue weighted by Crippen LogP contribution is 2.08. The van der Waals surface area contributed by atoms with Crippen LogP contribution in [0, 0.1) is 0 Å². The van der Waals surface area contributed by atoms with E-state index in [1.54, 1.807) is 18.3 Å². The van der Waals surface area contributed by atoms with Gasteiger partial charge in [0, 0.05) is 18.3 Å². The summed E-state index contributed by atoms with van der Waals surface area (Å²) in [6.45, 7) is 3.99. The van der Waals surface area contributed by atoms with Crippen LogP contribution in [-0.4, -0.2) is 32.1 Å². The Morgan fingerprint density at radius 3 is 2.89 bits per heavy atom. The van der Waals surface area contributed by atoms with Gasteiger partial charge in [-0.25, -0.2) is 9.97 Å². The van der Waals surface area contributed by atoms with Gasteiger partial charge in [-0.2, -0.15) is 5.10 Å². The molecule has 0 aliphatic heterocycles. The number of amides is 1. The summed E-state index contributed by atoms with van der Waals surface area (Å²) in [6.07, 6.45) is 2.93. The van der Waals surface area contributed by atoms with Crippen molar-refractivity contribution in [3.05, 3.63) is 30.4 Å². The Bertz CT molecular complexity index is 521. The highest BCUT2D eigenvalue weighted by molar-refractivity contribution is 6.02. The van der Waals surface area contributed by atoms with Crippen LogP contribution in [0.2, 0.25) is 0 Å². The van der Waals surface area contributed by atoms with Crippen LogP contribution >= 0.6 is 0 Å². The van der Waals surface area contributed by atoms with E-state index in [0.717, 1.165) is 0 Å². The lowest BCUT2D eigenvalue weighted by atomic mass is 10.3. The lowest BCUT2D eigenvalue weighted by Gasteiger charge is -2.04. The first kappa shape index (κ1) is 12.0. The summed E-state index contributed by atoms with van der Waals surface area (Å²) in [5.74, 6) is 0.791. The van der Waals surface area contributed by atoms with Gasteiger partial charge in [-0.05, 0) is 19.9 Å². The number of nitrogens with zero attached hydrogens (tertiary/aromatic N) is 3. The quantitative estimate of drug-likeness (QED) is 0.755. The van der Waals surface area contributed by atoms with Crippen molar-refractivity contribution in [2.24, 2.45) is 0 Å². The Balaban J connectivity index is 2.03. The van der Waals surface area contributed by atoms with E-state index < -0.39 is 0 Å². The van der Waals surface area contributed by atoms with Crippen molar-refractivity contribution in [1.29, 1.82) is 0 Å². The first-order chi connectivity index (χ1) is 8.65. The van der Waals surface area contributed by atoms with Crippen molar-refractivity contribution in [1.82, 2.24) is 20.2 Å². The normalized spacial score (nSPS) is 10.4. The molecule has 2 heterocycles. The molecule has 2 rings (SSSR count). The predicted molar refractivity (Wildman–Crippen MR) is 67.3 cm³/mol. The van der Waals surface area contributed by atoms with Crippen LogP contribution in [0.4, 0.5) is 11.6 Å². The maximum atomic E-state index is 11.8. The smallest absolute Gasteiger partial charge is 0.274 e. The summed E-state index contributed by atoms with van der Waals surface area (Å²) in [5, 5.41) is 12.4. The van der Waals surface area contributed by atoms with Gasteiger partial charge in [0.1, 0.15) is 23.7 Å². The summed E-state index contributed by atoms with van der Waals surface area (Å²) in [5.41, 5.74) is 0.372. The molecule has 0 atom stereocenters. The predicted octanol–water partition coefficient (Wildman–Crippen LogP) is 1.27. The van der Waals surface area contributed by atoms with Gasteiger partial charge in [0.15, 0.2) is 0 Å². The number of rotatable bonds is 4. The van der Waals surface area contributed by atoms with Gasteiger partial charge in [-0.1, -0.05) is 0 Å². The molecule has 18 heavy (non-hydrogen) atoms. The number of anilines is 2. The number of aromatic nitrogens is 4. The molecule has 94 valence electrons. The molecule has 7 heteroatoms. The molecular formula is C11H14N6O. The van der Waals surface area contributed by atoms with E-state index in [1.807, 2.05) is 13.8 Å². The minimum absolute atomic E-state index is 0.256. The fourth-order valence-corrected chi connectivity index (χ4v) is 1.36. The van der Waals surface area contributed by atoms with Gasteiger partial charge in [-0.15, -0.1) is 0 Å². The highest BCUT2D eigenvalue weighted by Gasteiger charge is 2.10. The van der Waals surface area contributed by atoms with Gasteiger partial charge in [-0.3, -0.25) is 9.89 Å². The molecule has 0 aliphatic rings. The second-order valence-corrected chi connectivity index (χ2v) is 4.01. The number of nitrogens with one attached hydrogen (secondary N) is 3. The van der Waals surface area contributed by atoms with Crippen molar-refractivity contribution >= 4 is 17.5 Å². The largest absolute Gasteiger partial charge is 0.366 e. The maximum Gasteiger partial charge on any atom is 0.274 e. The van der Waals surface area contributed by atoms with Crippen molar-refractivity contribution in [3.63, 3.8) is 0 Å². The topological polar surface area (TPSA) is 95.6 Å². The first-order valence-corrected chi connectivity index (χ1v) is 5.54. The molecule has 2 aromatic heterocycles. The molecule has 0 unspecified atom stereocenters. The molecule has 2 aromatic rings. The minimum Gasteiger partial charge on any atom is -0.366 e. The monoisotopic (exact) mass is 246 g/mol. The van der Waals surface area contributed by atoms with Crippen molar-refractivity contribution in [2.75, 3.05) is 10.6 Å². The van der Waals surface area contributed by atoms with E-state index in [-0.39, 0.29) is 11.9 Å². The number of aromatic amines is 1. The molecule has 7 nitrogen and oxygen atoms in total. The SMILES string of the molecule is CC(C)Nc1cc(C(=O)Nc2ccncn2)[nH]n1. The van der Waals surface area contributed by atoms with Crippen LogP contribution in [0.5, 0.6) is 0 Å². The first-order valence-electron chi connectivity index (χ1n) is 5.54. The van der Waals surface area contributed by atoms with Crippen molar-refractivity contribution < 1.29 is 4.79 Å². The van der Waals surface area contributed by atoms with Crippen LogP contribution in [0.15, 0.2) is 24.7 Å². The van der Waals surface area contributed by atoms with E-state index in [9.17, 15) is 4.79 Å². The standard InChI is InChI=1S/C11H14N6O/c1-7(2)14-10-5-8(16-17-10)11(18)15-9-3-4-12-6-13-9/h3-7H,1-2H3,(H2,14,16,17)(H,12,13,15,18). The number of H-pyrrole nitrogens is 1. The summed E-state index contributed by atoms with van der Waals surface area (Å²) in [6, 6.07) is 3.52. The Hall–Kier alpha value is -2.44. The zero-order valence-corrected chi connectivity index (χ0v) is 10.1. The third-order valence-corrected chi connectivity index (χ3v) is 2.08. The van der Waals surface area contributed by atoms with Crippen LogP contribution in [0.25, 0.3) is 0 Å². The minimum atomic E-state index is -0.294. The van der Waals surface area contributed by atoms with Crippen molar-refractivity contribution in [2.45, 2.75) is 19.9 Å². The van der Waals surface area contributed by atoms with Crippen LogP contribution in [-0.2, 0) is 0 Å². The summed E-state index contributed by atoms with van der Waals surface area (Å²) in [4.78, 5) is 19.5. The van der Waals surface area contributed by atoms with E-state index in [4.69, 9.17) is 0 Å². The third-order valence-electron chi connectivity index (χ3n) is 2.08. The number of carbonyl (C=O) groups excluding carboxylic acids is 1. The Morgan fingerprint density at radius 2 is 2.22 bits per heavy atom. The fraction of sp³-hybridized carbons (Fsp3) is 0.273. The Morgan fingerprint density at radius 1 is 1.39 bits per heavy atom. The second-order valence-electron chi connectivity index (χ2n) is 4.01. The van der Waals surface area contributed by atoms with E-state index >= 15 is 0 Å². The number of carbonyl (C=O) groups is 1. The summed E-state index contributed by atoms with van der Waals surface area (Å²) < 4.78 is 0. The van der Waals surface area contributed by atoms with Crippen LogP contribution in [0.3, 0.4) is 0 Å². The number of hydrogen-bond acceptors (Lipinski definition) is 5. The summed E-state index contributed by atoms with van der Waals surface area (Å²) in [7, 11) is 0. The number of hydrogen-bond donors (Lipinski definition) is 3. The van der Waals surface area contributed by atoms with Gasteiger partial charge in [0.05, 0.1) is 0 Å². The third kappa shape index (κ3) is 3.03. The molecule has 3 N–H and O–H groups in total. The van der Waals surface area contributed by atoms with Gasteiger partial charge < -0.3 is 10.6 Å². The molecule has 0 saturated carbocycles.